The van der Waals surface area contributed by atoms with Gasteiger partial charge in [-0.05, 0) is 31.2 Å². The molecule has 0 saturated heterocycles. The predicted octanol–water partition coefficient (Wildman–Crippen LogP) is 4.32. The van der Waals surface area contributed by atoms with Gasteiger partial charge in [0, 0.05) is 23.7 Å². The van der Waals surface area contributed by atoms with Gasteiger partial charge in [0.25, 0.3) is 0 Å². The fourth-order valence-electron chi connectivity index (χ4n) is 1.92. The van der Waals surface area contributed by atoms with E-state index < -0.39 is 5.97 Å². The predicted molar refractivity (Wildman–Crippen MR) is 94.9 cm³/mol. The number of halogens is 3. The molecule has 2 rings (SSSR count). The fourth-order valence-corrected chi connectivity index (χ4v) is 2.62. The molecule has 0 radical (unpaired) electrons. The highest BCUT2D eigenvalue weighted by Gasteiger charge is 2.09. The van der Waals surface area contributed by atoms with Gasteiger partial charge in [0.05, 0.1) is 10.7 Å². The molecule has 0 aliphatic heterocycles. The maximum absolute atomic E-state index is 11.7. The normalized spacial score (nSPS) is 11.0. The summed E-state index contributed by atoms with van der Waals surface area (Å²) in [6.45, 7) is 2.07. The van der Waals surface area contributed by atoms with Crippen molar-refractivity contribution in [2.75, 3.05) is 13.2 Å². The van der Waals surface area contributed by atoms with Crippen molar-refractivity contribution in [3.8, 4) is 5.75 Å². The van der Waals surface area contributed by atoms with Crippen molar-refractivity contribution < 1.29 is 14.3 Å². The highest BCUT2D eigenvalue weighted by molar-refractivity contribution is 6.35. The molecule has 1 aromatic heterocycles. The summed E-state index contributed by atoms with van der Waals surface area (Å²) in [5.74, 6) is -0.0226. The van der Waals surface area contributed by atoms with Crippen molar-refractivity contribution in [1.82, 2.24) is 9.78 Å². The van der Waals surface area contributed by atoms with Crippen molar-refractivity contribution in [2.45, 2.75) is 6.92 Å². The van der Waals surface area contributed by atoms with Crippen molar-refractivity contribution >= 4 is 46.8 Å². The molecule has 0 aliphatic carbocycles. The minimum atomic E-state index is -0.500. The molecule has 24 heavy (non-hydrogen) atoms. The molecule has 128 valence electrons. The van der Waals surface area contributed by atoms with E-state index in [1.54, 1.807) is 38.2 Å². The number of nitrogens with zero attached hydrogens (tertiary/aromatic N) is 2. The Bertz CT molecular complexity index is 772. The summed E-state index contributed by atoms with van der Waals surface area (Å²) in [7, 11) is 1.73. The zero-order chi connectivity index (χ0) is 17.7. The van der Waals surface area contributed by atoms with E-state index in [9.17, 15) is 4.79 Å². The minimum Gasteiger partial charge on any atom is -0.488 e. The first-order valence-electron chi connectivity index (χ1n) is 7.00. The summed E-state index contributed by atoms with van der Waals surface area (Å²) in [5.41, 5.74) is 1.41. The van der Waals surface area contributed by atoms with Crippen molar-refractivity contribution in [1.29, 1.82) is 0 Å². The smallest absolute Gasteiger partial charge is 0.330 e. The van der Waals surface area contributed by atoms with Gasteiger partial charge in [0.15, 0.2) is 0 Å². The maximum Gasteiger partial charge on any atom is 0.330 e. The van der Waals surface area contributed by atoms with Gasteiger partial charge in [-0.15, -0.1) is 0 Å². The second-order valence-corrected chi connectivity index (χ2v) is 6.04. The first kappa shape index (κ1) is 18.6. The Kier molecular flexibility index (Phi) is 6.54. The number of rotatable bonds is 6. The molecule has 5 nitrogen and oxygen atoms in total. The molecular weight excluding hydrogens is 375 g/mol. The van der Waals surface area contributed by atoms with Crippen molar-refractivity contribution in [3.05, 3.63) is 50.7 Å². The molecule has 0 N–H and O–H groups in total. The highest BCUT2D eigenvalue weighted by atomic mass is 35.5. The molecule has 0 aliphatic rings. The largest absolute Gasteiger partial charge is 0.488 e. The highest BCUT2D eigenvalue weighted by Crippen LogP contribution is 2.27. The van der Waals surface area contributed by atoms with Gasteiger partial charge in [0.2, 0.25) is 0 Å². The summed E-state index contributed by atoms with van der Waals surface area (Å²) < 4.78 is 12.0. The number of hydrogen-bond acceptors (Lipinski definition) is 4. The van der Waals surface area contributed by atoms with Gasteiger partial charge in [-0.1, -0.05) is 34.8 Å². The molecule has 0 saturated carbocycles. The second-order valence-electron chi connectivity index (χ2n) is 4.84. The molecule has 0 fully saturated rings. The Balaban J connectivity index is 1.80. The standard InChI is InChI=1S/C16H15Cl3N2O3/c1-10-12(16(19)21(2)20-10)4-6-15(22)24-8-7-23-14-5-3-11(17)9-13(14)18/h3-6,9H,7-8H2,1-2H3/b6-4+. The van der Waals surface area contributed by atoms with Gasteiger partial charge in [-0.3, -0.25) is 4.68 Å². The number of benzene rings is 1. The maximum atomic E-state index is 11.7. The van der Waals surface area contributed by atoms with Crippen LogP contribution in [0.4, 0.5) is 0 Å². The minimum absolute atomic E-state index is 0.0852. The molecule has 2 aromatic rings. The number of hydrogen-bond donors (Lipinski definition) is 0. The fraction of sp³-hybridized carbons (Fsp3) is 0.250. The molecule has 0 amide bonds. The lowest BCUT2D eigenvalue weighted by Gasteiger charge is -2.08. The average molecular weight is 390 g/mol. The van der Waals surface area contributed by atoms with Crippen LogP contribution >= 0.6 is 34.8 Å². The van der Waals surface area contributed by atoms with Crippen LogP contribution in [0.3, 0.4) is 0 Å². The molecule has 0 unspecified atom stereocenters. The van der Waals surface area contributed by atoms with Crippen LogP contribution in [-0.4, -0.2) is 29.0 Å². The van der Waals surface area contributed by atoms with Crippen molar-refractivity contribution in [2.24, 2.45) is 7.05 Å². The lowest BCUT2D eigenvalue weighted by molar-refractivity contribution is -0.138. The van der Waals surface area contributed by atoms with E-state index in [0.29, 0.717) is 26.5 Å². The van der Waals surface area contributed by atoms with E-state index in [1.165, 1.54) is 10.8 Å². The first-order valence-corrected chi connectivity index (χ1v) is 8.13. The summed E-state index contributed by atoms with van der Waals surface area (Å²) in [5, 5.41) is 5.53. The van der Waals surface area contributed by atoms with Gasteiger partial charge in [0.1, 0.15) is 24.1 Å². The second kappa shape index (κ2) is 8.42. The van der Waals surface area contributed by atoms with Crippen LogP contribution in [0.15, 0.2) is 24.3 Å². The third kappa shape index (κ3) is 4.90. The zero-order valence-corrected chi connectivity index (χ0v) is 15.3. The number of ether oxygens (including phenoxy) is 2. The van der Waals surface area contributed by atoms with Gasteiger partial charge in [-0.2, -0.15) is 5.10 Å². The molecule has 0 atom stereocenters. The Morgan fingerprint density at radius 3 is 2.67 bits per heavy atom. The topological polar surface area (TPSA) is 53.4 Å². The van der Waals surface area contributed by atoms with Crippen molar-refractivity contribution in [3.63, 3.8) is 0 Å². The van der Waals surface area contributed by atoms with Crippen LogP contribution in [-0.2, 0) is 16.6 Å². The number of esters is 1. The van der Waals surface area contributed by atoms with E-state index in [1.807, 2.05) is 0 Å². The summed E-state index contributed by atoms with van der Waals surface area (Å²) >= 11 is 17.8. The number of aryl methyl sites for hydroxylation is 2. The van der Waals surface area contributed by atoms with Crippen LogP contribution < -0.4 is 4.74 Å². The summed E-state index contributed by atoms with van der Waals surface area (Å²) in [6.07, 6.45) is 2.87. The van der Waals surface area contributed by atoms with E-state index in [0.717, 1.165) is 5.69 Å². The van der Waals surface area contributed by atoms with E-state index in [4.69, 9.17) is 44.3 Å². The van der Waals surface area contributed by atoms with Gasteiger partial charge < -0.3 is 9.47 Å². The first-order chi connectivity index (χ1) is 11.4. The summed E-state index contributed by atoms with van der Waals surface area (Å²) in [4.78, 5) is 11.7. The Labute approximate surface area is 154 Å². The van der Waals surface area contributed by atoms with Crippen LogP contribution in [0.25, 0.3) is 6.08 Å². The molecular formula is C16H15Cl3N2O3. The molecule has 1 aromatic carbocycles. The molecule has 0 bridgehead atoms. The third-order valence-electron chi connectivity index (χ3n) is 3.06. The number of aromatic nitrogens is 2. The Morgan fingerprint density at radius 2 is 2.04 bits per heavy atom. The lowest BCUT2D eigenvalue weighted by Crippen LogP contribution is -2.10. The van der Waals surface area contributed by atoms with Crippen LogP contribution in [0.1, 0.15) is 11.3 Å². The van der Waals surface area contributed by atoms with Crippen LogP contribution in [0, 0.1) is 6.92 Å². The Morgan fingerprint density at radius 1 is 1.29 bits per heavy atom. The van der Waals surface area contributed by atoms with E-state index in [-0.39, 0.29) is 13.2 Å². The van der Waals surface area contributed by atoms with Crippen LogP contribution in [0.5, 0.6) is 5.75 Å². The Hall–Kier alpha value is -1.69. The lowest BCUT2D eigenvalue weighted by atomic mass is 10.2. The quantitative estimate of drug-likeness (QED) is 0.419. The number of carbonyl (C=O) groups is 1. The van der Waals surface area contributed by atoms with E-state index in [2.05, 4.69) is 5.10 Å². The number of carbonyl (C=O) groups excluding carboxylic acids is 1. The van der Waals surface area contributed by atoms with Gasteiger partial charge >= 0.3 is 5.97 Å². The third-order valence-corrected chi connectivity index (χ3v) is 4.04. The zero-order valence-electron chi connectivity index (χ0n) is 13.1. The average Bonchev–Trinajstić information content (AvgIpc) is 2.76. The molecule has 8 heteroatoms. The molecule has 0 spiro atoms. The van der Waals surface area contributed by atoms with Gasteiger partial charge in [-0.25, -0.2) is 4.79 Å². The molecule has 1 heterocycles. The SMILES string of the molecule is Cc1nn(C)c(Cl)c1/C=C/C(=O)OCCOc1ccc(Cl)cc1Cl. The summed E-state index contributed by atoms with van der Waals surface area (Å²) in [6, 6.07) is 4.89. The monoisotopic (exact) mass is 388 g/mol. The van der Waals surface area contributed by atoms with E-state index >= 15 is 0 Å². The van der Waals surface area contributed by atoms with Crippen LogP contribution in [0.2, 0.25) is 15.2 Å².